The van der Waals surface area contributed by atoms with Crippen LogP contribution in [0, 0.1) is 5.41 Å². The van der Waals surface area contributed by atoms with Crippen LogP contribution in [0.5, 0.6) is 11.5 Å². The van der Waals surface area contributed by atoms with E-state index in [-0.39, 0.29) is 11.8 Å². The van der Waals surface area contributed by atoms with Crippen molar-refractivity contribution in [3.05, 3.63) is 53.9 Å². The average molecular weight is 383 g/mol. The maximum Gasteiger partial charge on any atom is 0.235 e. The summed E-state index contributed by atoms with van der Waals surface area (Å²) >= 11 is 0. The minimum Gasteiger partial charge on any atom is -0.493 e. The third-order valence-electron chi connectivity index (χ3n) is 4.97. The molecule has 0 aliphatic heterocycles. The molecule has 0 bridgehead atoms. The Labute approximate surface area is 164 Å². The van der Waals surface area contributed by atoms with Gasteiger partial charge in [-0.25, -0.2) is 0 Å². The molecule has 0 spiro atoms. The van der Waals surface area contributed by atoms with Crippen molar-refractivity contribution >= 4 is 11.8 Å². The molecule has 28 heavy (non-hydrogen) atoms. The molecule has 2 amide bonds. The second-order valence-electron chi connectivity index (χ2n) is 6.82. The van der Waals surface area contributed by atoms with E-state index in [1.165, 1.54) is 0 Å². The molecule has 3 rings (SSSR count). The van der Waals surface area contributed by atoms with Crippen LogP contribution in [-0.2, 0) is 22.6 Å². The molecule has 0 radical (unpaired) electrons. The summed E-state index contributed by atoms with van der Waals surface area (Å²) in [6, 6.07) is 9.33. The number of nitrogens with one attached hydrogen (secondary N) is 2. The van der Waals surface area contributed by atoms with Crippen molar-refractivity contribution in [2.24, 2.45) is 5.41 Å². The Morgan fingerprint density at radius 3 is 2.29 bits per heavy atom. The first-order chi connectivity index (χ1) is 13.6. The van der Waals surface area contributed by atoms with Crippen LogP contribution >= 0.6 is 0 Å². The zero-order chi connectivity index (χ0) is 20.0. The van der Waals surface area contributed by atoms with Crippen molar-refractivity contribution in [2.45, 2.75) is 25.8 Å². The van der Waals surface area contributed by atoms with Gasteiger partial charge in [0.2, 0.25) is 11.8 Å². The van der Waals surface area contributed by atoms with Crippen LogP contribution in [0.3, 0.4) is 0 Å². The van der Waals surface area contributed by atoms with Crippen LogP contribution in [0.2, 0.25) is 0 Å². The van der Waals surface area contributed by atoms with E-state index in [9.17, 15) is 9.59 Å². The molecule has 0 unspecified atom stereocenters. The predicted octanol–water partition coefficient (Wildman–Crippen LogP) is 1.85. The molecule has 7 nitrogen and oxygen atoms in total. The number of pyridine rings is 1. The monoisotopic (exact) mass is 383 g/mol. The summed E-state index contributed by atoms with van der Waals surface area (Å²) < 4.78 is 10.5. The number of aromatic nitrogens is 1. The molecule has 2 aromatic rings. The Bertz CT molecular complexity index is 835. The maximum absolute atomic E-state index is 12.6. The van der Waals surface area contributed by atoms with Crippen molar-refractivity contribution in [1.82, 2.24) is 15.6 Å². The first-order valence-corrected chi connectivity index (χ1v) is 9.25. The van der Waals surface area contributed by atoms with Gasteiger partial charge < -0.3 is 20.1 Å². The van der Waals surface area contributed by atoms with Crippen LogP contribution in [0.15, 0.2) is 42.7 Å². The number of rotatable bonds is 9. The van der Waals surface area contributed by atoms with Gasteiger partial charge in [-0.05, 0) is 54.7 Å². The molecule has 1 aliphatic rings. The molecule has 2 N–H and O–H groups in total. The fourth-order valence-electron chi connectivity index (χ4n) is 3.06. The molecule has 1 heterocycles. The van der Waals surface area contributed by atoms with Gasteiger partial charge in [-0.3, -0.25) is 14.6 Å². The summed E-state index contributed by atoms with van der Waals surface area (Å²) in [5.41, 5.74) is 1.04. The molecule has 1 fully saturated rings. The van der Waals surface area contributed by atoms with Crippen LogP contribution in [0.4, 0.5) is 0 Å². The lowest BCUT2D eigenvalue weighted by molar-refractivity contribution is -0.137. The lowest BCUT2D eigenvalue weighted by Gasteiger charge is -2.16. The van der Waals surface area contributed by atoms with E-state index in [4.69, 9.17) is 9.47 Å². The Morgan fingerprint density at radius 2 is 1.64 bits per heavy atom. The molecule has 148 valence electrons. The Hall–Kier alpha value is -3.09. The SMILES string of the molecule is COc1ccc(CCNC(=O)C2(C(=O)NCc3ccncc3)CC2)cc1OC. The lowest BCUT2D eigenvalue weighted by Crippen LogP contribution is -2.43. The van der Waals surface area contributed by atoms with Crippen molar-refractivity contribution in [3.8, 4) is 11.5 Å². The molecular formula is C21H25N3O4. The number of ether oxygens (including phenoxy) is 2. The summed E-state index contributed by atoms with van der Waals surface area (Å²) in [5, 5.41) is 5.76. The summed E-state index contributed by atoms with van der Waals surface area (Å²) in [6.07, 6.45) is 5.15. The lowest BCUT2D eigenvalue weighted by atomic mass is 10.0. The van der Waals surface area contributed by atoms with E-state index in [0.29, 0.717) is 43.9 Å². The number of hydrogen-bond donors (Lipinski definition) is 2. The van der Waals surface area contributed by atoms with E-state index in [1.807, 2.05) is 30.3 Å². The van der Waals surface area contributed by atoms with Gasteiger partial charge in [0.05, 0.1) is 14.2 Å². The quantitative estimate of drug-likeness (QED) is 0.645. The molecule has 0 atom stereocenters. The first-order valence-electron chi connectivity index (χ1n) is 9.25. The first kappa shape index (κ1) is 19.7. The fourth-order valence-corrected chi connectivity index (χ4v) is 3.06. The Balaban J connectivity index is 1.49. The van der Waals surface area contributed by atoms with E-state index in [1.54, 1.807) is 26.6 Å². The second kappa shape index (κ2) is 8.73. The van der Waals surface area contributed by atoms with Gasteiger partial charge in [0.1, 0.15) is 5.41 Å². The average Bonchev–Trinajstić information content (AvgIpc) is 3.54. The number of benzene rings is 1. The Morgan fingerprint density at radius 1 is 0.964 bits per heavy atom. The van der Waals surface area contributed by atoms with Gasteiger partial charge in [0.25, 0.3) is 0 Å². The summed E-state index contributed by atoms with van der Waals surface area (Å²) in [7, 11) is 3.18. The molecule has 0 saturated heterocycles. The molecular weight excluding hydrogens is 358 g/mol. The van der Waals surface area contributed by atoms with E-state index >= 15 is 0 Å². The van der Waals surface area contributed by atoms with Crippen molar-refractivity contribution < 1.29 is 19.1 Å². The topological polar surface area (TPSA) is 89.5 Å². The van der Waals surface area contributed by atoms with Gasteiger partial charge in [0.15, 0.2) is 11.5 Å². The van der Waals surface area contributed by atoms with Gasteiger partial charge >= 0.3 is 0 Å². The van der Waals surface area contributed by atoms with Crippen LogP contribution in [-0.4, -0.2) is 37.6 Å². The minimum atomic E-state index is -0.926. The predicted molar refractivity (Wildman–Crippen MR) is 104 cm³/mol. The standard InChI is InChI=1S/C21H25N3O4/c1-27-17-4-3-15(13-18(17)28-2)7-12-23-19(25)21(8-9-21)20(26)24-14-16-5-10-22-11-6-16/h3-6,10-11,13H,7-9,12,14H2,1-2H3,(H,23,25)(H,24,26). The van der Waals surface area contributed by atoms with Gasteiger partial charge in [-0.15, -0.1) is 0 Å². The van der Waals surface area contributed by atoms with Gasteiger partial charge in [-0.1, -0.05) is 6.07 Å². The van der Waals surface area contributed by atoms with Crippen molar-refractivity contribution in [2.75, 3.05) is 20.8 Å². The van der Waals surface area contributed by atoms with E-state index in [0.717, 1.165) is 11.1 Å². The highest BCUT2D eigenvalue weighted by Crippen LogP contribution is 2.46. The van der Waals surface area contributed by atoms with Crippen LogP contribution < -0.4 is 20.1 Å². The number of carbonyl (C=O) groups excluding carboxylic acids is 2. The second-order valence-corrected chi connectivity index (χ2v) is 6.82. The number of hydrogen-bond acceptors (Lipinski definition) is 5. The minimum absolute atomic E-state index is 0.208. The summed E-state index contributed by atoms with van der Waals surface area (Å²) in [4.78, 5) is 29.0. The smallest absolute Gasteiger partial charge is 0.235 e. The van der Waals surface area contributed by atoms with Crippen LogP contribution in [0.1, 0.15) is 24.0 Å². The van der Waals surface area contributed by atoms with E-state index < -0.39 is 5.41 Å². The van der Waals surface area contributed by atoms with Crippen molar-refractivity contribution in [1.29, 1.82) is 0 Å². The molecule has 1 aliphatic carbocycles. The highest BCUT2D eigenvalue weighted by molar-refractivity contribution is 6.07. The molecule has 1 aromatic heterocycles. The number of methoxy groups -OCH3 is 2. The highest BCUT2D eigenvalue weighted by Gasteiger charge is 2.56. The molecule has 1 saturated carbocycles. The van der Waals surface area contributed by atoms with Crippen molar-refractivity contribution in [3.63, 3.8) is 0 Å². The normalized spacial score (nSPS) is 14.1. The zero-order valence-corrected chi connectivity index (χ0v) is 16.2. The molecule has 1 aromatic carbocycles. The fraction of sp³-hybridized carbons (Fsp3) is 0.381. The third-order valence-corrected chi connectivity index (χ3v) is 4.97. The maximum atomic E-state index is 12.6. The number of nitrogens with zero attached hydrogens (tertiary/aromatic N) is 1. The zero-order valence-electron chi connectivity index (χ0n) is 16.2. The van der Waals surface area contributed by atoms with Gasteiger partial charge in [0, 0.05) is 25.5 Å². The molecule has 7 heteroatoms. The largest absolute Gasteiger partial charge is 0.493 e. The summed E-state index contributed by atoms with van der Waals surface area (Å²) in [6.45, 7) is 0.843. The third kappa shape index (κ3) is 4.42. The van der Waals surface area contributed by atoms with Gasteiger partial charge in [-0.2, -0.15) is 0 Å². The highest BCUT2D eigenvalue weighted by atomic mass is 16.5. The Kier molecular flexibility index (Phi) is 6.13. The number of carbonyl (C=O) groups is 2. The van der Waals surface area contributed by atoms with E-state index in [2.05, 4.69) is 15.6 Å². The summed E-state index contributed by atoms with van der Waals surface area (Å²) in [5.74, 6) is 0.895. The number of amides is 2. The van der Waals surface area contributed by atoms with Crippen LogP contribution in [0.25, 0.3) is 0 Å².